The van der Waals surface area contributed by atoms with Crippen LogP contribution in [0.15, 0.2) is 30.8 Å². The Labute approximate surface area is 73.4 Å². The third kappa shape index (κ3) is 2.12. The molecule has 0 heterocycles. The first-order valence-corrected chi connectivity index (χ1v) is 4.21. The normalized spacial score (nSPS) is 9.75. The number of hydrogen-bond donors (Lipinski definition) is 1. The molecule has 1 rings (SSSR count). The molecule has 1 N–H and O–H groups in total. The maximum absolute atomic E-state index is 9.04. The Bertz CT molecular complexity index is 259. The lowest BCUT2D eigenvalue weighted by molar-refractivity contribution is 0.475. The first kappa shape index (κ1) is 8.85. The molecule has 0 aliphatic heterocycles. The molecule has 1 nitrogen and oxygen atoms in total. The Morgan fingerprint density at radius 1 is 1.33 bits per heavy atom. The van der Waals surface area contributed by atoms with E-state index in [2.05, 4.69) is 13.5 Å². The Hall–Kier alpha value is -1.24. The molecular weight excluding hydrogens is 148 g/mol. The maximum Gasteiger partial charge on any atom is 0.115 e. The van der Waals surface area contributed by atoms with Crippen LogP contribution in [0.25, 0.3) is 5.57 Å². The molecule has 1 heteroatoms. The second-order valence-electron chi connectivity index (χ2n) is 2.90. The van der Waals surface area contributed by atoms with Crippen molar-refractivity contribution in [3.63, 3.8) is 0 Å². The second kappa shape index (κ2) is 3.96. The van der Waals surface area contributed by atoms with Gasteiger partial charge in [-0.25, -0.2) is 0 Å². The van der Waals surface area contributed by atoms with E-state index < -0.39 is 0 Å². The topological polar surface area (TPSA) is 20.2 Å². The van der Waals surface area contributed by atoms with Crippen LogP contribution in [0, 0.1) is 0 Å². The lowest BCUT2D eigenvalue weighted by Gasteiger charge is -2.03. The van der Waals surface area contributed by atoms with Gasteiger partial charge in [-0.15, -0.1) is 0 Å². The van der Waals surface area contributed by atoms with Crippen LogP contribution < -0.4 is 0 Å². The SMILES string of the molecule is C=C(CCC)c1ccc(O)cc1. The summed E-state index contributed by atoms with van der Waals surface area (Å²) >= 11 is 0. The zero-order valence-electron chi connectivity index (χ0n) is 7.38. The van der Waals surface area contributed by atoms with Gasteiger partial charge in [0.15, 0.2) is 0 Å². The maximum atomic E-state index is 9.04. The molecule has 0 bridgehead atoms. The number of benzene rings is 1. The van der Waals surface area contributed by atoms with Crippen LogP contribution in [0.4, 0.5) is 0 Å². The van der Waals surface area contributed by atoms with Crippen LogP contribution in [0.2, 0.25) is 0 Å². The van der Waals surface area contributed by atoms with Gasteiger partial charge in [0.25, 0.3) is 0 Å². The average Bonchev–Trinajstić information content (AvgIpc) is 2.06. The van der Waals surface area contributed by atoms with Gasteiger partial charge in [0.2, 0.25) is 0 Å². The minimum absolute atomic E-state index is 0.308. The summed E-state index contributed by atoms with van der Waals surface area (Å²) in [5.74, 6) is 0.308. The Morgan fingerprint density at radius 2 is 1.92 bits per heavy atom. The minimum atomic E-state index is 0.308. The van der Waals surface area contributed by atoms with Crippen LogP contribution in [0.1, 0.15) is 25.3 Å². The van der Waals surface area contributed by atoms with Gasteiger partial charge in [-0.3, -0.25) is 0 Å². The monoisotopic (exact) mass is 162 g/mol. The molecule has 0 spiro atoms. The highest BCUT2D eigenvalue weighted by Crippen LogP contribution is 2.19. The Balaban J connectivity index is 2.75. The van der Waals surface area contributed by atoms with Gasteiger partial charge >= 0.3 is 0 Å². The van der Waals surface area contributed by atoms with E-state index in [9.17, 15) is 0 Å². The van der Waals surface area contributed by atoms with E-state index in [1.807, 2.05) is 12.1 Å². The molecule has 0 aromatic heterocycles. The third-order valence-electron chi connectivity index (χ3n) is 1.83. The van der Waals surface area contributed by atoms with Crippen molar-refractivity contribution in [3.8, 4) is 5.75 Å². The molecule has 0 radical (unpaired) electrons. The molecule has 0 saturated heterocycles. The molecule has 64 valence electrons. The van der Waals surface area contributed by atoms with E-state index in [-0.39, 0.29) is 0 Å². The predicted octanol–water partition coefficient (Wildman–Crippen LogP) is 3.21. The lowest BCUT2D eigenvalue weighted by Crippen LogP contribution is -1.80. The minimum Gasteiger partial charge on any atom is -0.508 e. The average molecular weight is 162 g/mol. The van der Waals surface area contributed by atoms with Crippen molar-refractivity contribution in [2.75, 3.05) is 0 Å². The summed E-state index contributed by atoms with van der Waals surface area (Å²) in [5, 5.41) is 9.04. The van der Waals surface area contributed by atoms with Crippen LogP contribution in [-0.2, 0) is 0 Å². The number of rotatable bonds is 3. The van der Waals surface area contributed by atoms with E-state index >= 15 is 0 Å². The van der Waals surface area contributed by atoms with Gasteiger partial charge in [-0.2, -0.15) is 0 Å². The zero-order valence-corrected chi connectivity index (χ0v) is 7.38. The fourth-order valence-corrected chi connectivity index (χ4v) is 1.14. The summed E-state index contributed by atoms with van der Waals surface area (Å²) in [5.41, 5.74) is 2.26. The molecule has 1 aromatic rings. The molecule has 12 heavy (non-hydrogen) atoms. The van der Waals surface area contributed by atoms with Crippen LogP contribution in [-0.4, -0.2) is 5.11 Å². The number of aromatic hydroxyl groups is 1. The van der Waals surface area contributed by atoms with Crippen LogP contribution >= 0.6 is 0 Å². The largest absolute Gasteiger partial charge is 0.508 e. The summed E-state index contributed by atoms with van der Waals surface area (Å²) in [6.45, 7) is 6.09. The number of hydrogen-bond acceptors (Lipinski definition) is 1. The third-order valence-corrected chi connectivity index (χ3v) is 1.83. The summed E-state index contributed by atoms with van der Waals surface area (Å²) in [6, 6.07) is 7.17. The highest BCUT2D eigenvalue weighted by molar-refractivity contribution is 5.63. The van der Waals surface area contributed by atoms with E-state index in [0.717, 1.165) is 24.0 Å². The van der Waals surface area contributed by atoms with E-state index in [0.29, 0.717) is 5.75 Å². The summed E-state index contributed by atoms with van der Waals surface area (Å²) in [6.07, 6.45) is 2.13. The highest BCUT2D eigenvalue weighted by Gasteiger charge is 1.96. The molecule has 0 fully saturated rings. The molecule has 0 amide bonds. The number of phenolic OH excluding ortho intramolecular Hbond substituents is 1. The summed E-state index contributed by atoms with van der Waals surface area (Å²) in [7, 11) is 0. The first-order chi connectivity index (χ1) is 5.74. The van der Waals surface area contributed by atoms with Gasteiger partial charge < -0.3 is 5.11 Å². The lowest BCUT2D eigenvalue weighted by atomic mass is 10.0. The molecule has 0 aliphatic rings. The first-order valence-electron chi connectivity index (χ1n) is 4.21. The highest BCUT2D eigenvalue weighted by atomic mass is 16.3. The van der Waals surface area contributed by atoms with Crippen LogP contribution in [0.5, 0.6) is 5.75 Å². The quantitative estimate of drug-likeness (QED) is 0.723. The fraction of sp³-hybridized carbons (Fsp3) is 0.273. The van der Waals surface area contributed by atoms with Gasteiger partial charge in [-0.05, 0) is 29.7 Å². The fourth-order valence-electron chi connectivity index (χ4n) is 1.14. The van der Waals surface area contributed by atoms with Gasteiger partial charge in [-0.1, -0.05) is 32.1 Å². The van der Waals surface area contributed by atoms with Gasteiger partial charge in [0.05, 0.1) is 0 Å². The van der Waals surface area contributed by atoms with E-state index in [4.69, 9.17) is 5.11 Å². The van der Waals surface area contributed by atoms with Crippen molar-refractivity contribution in [1.29, 1.82) is 0 Å². The predicted molar refractivity (Wildman–Crippen MR) is 52.0 cm³/mol. The molecule has 0 unspecified atom stereocenters. The number of phenols is 1. The molecular formula is C11H14O. The van der Waals surface area contributed by atoms with Gasteiger partial charge in [0.1, 0.15) is 5.75 Å². The number of allylic oxidation sites excluding steroid dienone is 1. The van der Waals surface area contributed by atoms with Crippen molar-refractivity contribution in [3.05, 3.63) is 36.4 Å². The summed E-state index contributed by atoms with van der Waals surface area (Å²) < 4.78 is 0. The van der Waals surface area contributed by atoms with E-state index in [1.54, 1.807) is 12.1 Å². The smallest absolute Gasteiger partial charge is 0.115 e. The van der Waals surface area contributed by atoms with Crippen molar-refractivity contribution in [2.24, 2.45) is 0 Å². The van der Waals surface area contributed by atoms with Gasteiger partial charge in [0, 0.05) is 0 Å². The van der Waals surface area contributed by atoms with Crippen molar-refractivity contribution in [2.45, 2.75) is 19.8 Å². The van der Waals surface area contributed by atoms with Crippen molar-refractivity contribution in [1.82, 2.24) is 0 Å². The second-order valence-corrected chi connectivity index (χ2v) is 2.90. The zero-order chi connectivity index (χ0) is 8.97. The van der Waals surface area contributed by atoms with Crippen LogP contribution in [0.3, 0.4) is 0 Å². The Kier molecular flexibility index (Phi) is 2.92. The van der Waals surface area contributed by atoms with Crippen molar-refractivity contribution < 1.29 is 5.11 Å². The molecule has 1 aromatic carbocycles. The Morgan fingerprint density at radius 3 is 2.42 bits per heavy atom. The van der Waals surface area contributed by atoms with Crippen molar-refractivity contribution >= 4 is 5.57 Å². The molecule has 0 aliphatic carbocycles. The molecule has 0 saturated carbocycles. The molecule has 0 atom stereocenters. The summed E-state index contributed by atoms with van der Waals surface area (Å²) in [4.78, 5) is 0. The standard InChI is InChI=1S/C11H14O/c1-3-4-9(2)10-5-7-11(12)8-6-10/h5-8,12H,2-4H2,1H3. The van der Waals surface area contributed by atoms with E-state index in [1.165, 1.54) is 0 Å².